The molecule has 7 heteroatoms. The van der Waals surface area contributed by atoms with Crippen molar-refractivity contribution in [2.45, 2.75) is 6.54 Å². The molecule has 3 heterocycles. The lowest BCUT2D eigenvalue weighted by molar-refractivity contribution is 0.0950. The van der Waals surface area contributed by atoms with Gasteiger partial charge in [0.1, 0.15) is 0 Å². The molecular formula is C18H14N4O3. The van der Waals surface area contributed by atoms with E-state index in [1.165, 1.54) is 0 Å². The van der Waals surface area contributed by atoms with Gasteiger partial charge < -0.3 is 14.8 Å². The smallest absolute Gasteiger partial charge is 0.251 e. The Morgan fingerprint density at radius 1 is 1.08 bits per heavy atom. The van der Waals surface area contributed by atoms with Crippen LogP contribution in [-0.4, -0.2) is 27.7 Å². The van der Waals surface area contributed by atoms with Gasteiger partial charge in [-0.3, -0.25) is 19.7 Å². The maximum atomic E-state index is 12.4. The van der Waals surface area contributed by atoms with Crippen molar-refractivity contribution >= 4 is 5.91 Å². The largest absolute Gasteiger partial charge is 0.454 e. The molecule has 7 nitrogen and oxygen atoms in total. The second-order valence-electron chi connectivity index (χ2n) is 5.34. The van der Waals surface area contributed by atoms with Gasteiger partial charge in [-0.05, 0) is 30.3 Å². The monoisotopic (exact) mass is 334 g/mol. The summed E-state index contributed by atoms with van der Waals surface area (Å²) in [5.74, 6) is 0.994. The summed E-state index contributed by atoms with van der Waals surface area (Å²) in [4.78, 5) is 25.2. The predicted molar refractivity (Wildman–Crippen MR) is 89.0 cm³/mol. The van der Waals surface area contributed by atoms with E-state index in [9.17, 15) is 4.79 Å². The Morgan fingerprint density at radius 2 is 1.96 bits per heavy atom. The van der Waals surface area contributed by atoms with E-state index in [0.717, 1.165) is 5.56 Å². The number of amides is 1. The Hall–Kier alpha value is -3.48. The molecule has 1 aromatic carbocycles. The summed E-state index contributed by atoms with van der Waals surface area (Å²) in [6, 6.07) is 8.82. The molecule has 0 atom stereocenters. The van der Waals surface area contributed by atoms with E-state index in [0.29, 0.717) is 28.5 Å². The van der Waals surface area contributed by atoms with Gasteiger partial charge in [0, 0.05) is 35.9 Å². The molecule has 2 aromatic heterocycles. The van der Waals surface area contributed by atoms with Crippen LogP contribution in [0.1, 0.15) is 16.1 Å². The van der Waals surface area contributed by atoms with Gasteiger partial charge in [-0.2, -0.15) is 0 Å². The standard InChI is InChI=1S/C18H14N4O3/c23-18(12-3-4-15-16(8-12)25-11-24-15)22-10-14-17(21-7-6-20-14)13-2-1-5-19-9-13/h1-9H,10-11H2,(H,22,23). The van der Waals surface area contributed by atoms with E-state index in [2.05, 4.69) is 20.3 Å². The summed E-state index contributed by atoms with van der Waals surface area (Å²) in [7, 11) is 0. The average molecular weight is 334 g/mol. The Bertz CT molecular complexity index is 915. The number of hydrogen-bond donors (Lipinski definition) is 1. The molecule has 0 saturated carbocycles. The van der Waals surface area contributed by atoms with E-state index < -0.39 is 0 Å². The summed E-state index contributed by atoms with van der Waals surface area (Å²) >= 11 is 0. The summed E-state index contributed by atoms with van der Waals surface area (Å²) in [6.07, 6.45) is 6.63. The van der Waals surface area contributed by atoms with Crippen LogP contribution < -0.4 is 14.8 Å². The quantitative estimate of drug-likeness (QED) is 0.787. The minimum absolute atomic E-state index is 0.175. The molecule has 124 valence electrons. The molecule has 0 aliphatic carbocycles. The number of aromatic nitrogens is 3. The van der Waals surface area contributed by atoms with Crippen molar-refractivity contribution in [3.8, 4) is 22.8 Å². The maximum Gasteiger partial charge on any atom is 0.251 e. The lowest BCUT2D eigenvalue weighted by Crippen LogP contribution is -2.23. The Labute approximate surface area is 143 Å². The molecule has 1 amide bonds. The average Bonchev–Trinajstić information content (AvgIpc) is 3.15. The molecule has 1 N–H and O–H groups in total. The van der Waals surface area contributed by atoms with Gasteiger partial charge in [0.05, 0.1) is 17.9 Å². The molecular weight excluding hydrogens is 320 g/mol. The third-order valence-corrected chi connectivity index (χ3v) is 3.76. The number of pyridine rings is 1. The van der Waals surface area contributed by atoms with E-state index in [1.54, 1.807) is 43.0 Å². The van der Waals surface area contributed by atoms with Crippen LogP contribution in [0.25, 0.3) is 11.3 Å². The zero-order chi connectivity index (χ0) is 17.1. The number of ether oxygens (including phenoxy) is 2. The van der Waals surface area contributed by atoms with Gasteiger partial charge in [-0.15, -0.1) is 0 Å². The van der Waals surface area contributed by atoms with E-state index in [4.69, 9.17) is 9.47 Å². The minimum Gasteiger partial charge on any atom is -0.454 e. The molecule has 0 saturated heterocycles. The van der Waals surface area contributed by atoms with Gasteiger partial charge in [0.15, 0.2) is 11.5 Å². The second-order valence-corrected chi connectivity index (χ2v) is 5.34. The third kappa shape index (κ3) is 3.12. The maximum absolute atomic E-state index is 12.4. The second kappa shape index (κ2) is 6.56. The van der Waals surface area contributed by atoms with Gasteiger partial charge >= 0.3 is 0 Å². The van der Waals surface area contributed by atoms with Crippen molar-refractivity contribution in [3.63, 3.8) is 0 Å². The predicted octanol–water partition coefficient (Wildman–Crippen LogP) is 2.20. The molecule has 0 bridgehead atoms. The highest BCUT2D eigenvalue weighted by atomic mass is 16.7. The lowest BCUT2D eigenvalue weighted by atomic mass is 10.1. The molecule has 4 rings (SSSR count). The number of benzene rings is 1. The normalized spacial score (nSPS) is 12.0. The van der Waals surface area contributed by atoms with Crippen LogP contribution in [0, 0.1) is 0 Å². The summed E-state index contributed by atoms with van der Waals surface area (Å²) in [5, 5.41) is 2.86. The highest BCUT2D eigenvalue weighted by Gasteiger charge is 2.16. The summed E-state index contributed by atoms with van der Waals surface area (Å²) in [5.41, 5.74) is 2.71. The zero-order valence-corrected chi connectivity index (χ0v) is 13.2. The van der Waals surface area contributed by atoms with E-state index >= 15 is 0 Å². The topological polar surface area (TPSA) is 86.2 Å². The fourth-order valence-corrected chi connectivity index (χ4v) is 2.54. The van der Waals surface area contributed by atoms with Gasteiger partial charge in [0.2, 0.25) is 6.79 Å². The van der Waals surface area contributed by atoms with Crippen LogP contribution in [0.5, 0.6) is 11.5 Å². The molecule has 25 heavy (non-hydrogen) atoms. The van der Waals surface area contributed by atoms with Crippen LogP contribution in [0.4, 0.5) is 0 Å². The Morgan fingerprint density at radius 3 is 2.84 bits per heavy atom. The van der Waals surface area contributed by atoms with Crippen LogP contribution in [-0.2, 0) is 6.54 Å². The fraction of sp³-hybridized carbons (Fsp3) is 0.111. The molecule has 1 aliphatic heterocycles. The van der Waals surface area contributed by atoms with Crippen molar-refractivity contribution < 1.29 is 14.3 Å². The third-order valence-electron chi connectivity index (χ3n) is 3.76. The summed E-state index contributed by atoms with van der Waals surface area (Å²) < 4.78 is 10.5. The fourth-order valence-electron chi connectivity index (χ4n) is 2.54. The highest BCUT2D eigenvalue weighted by Crippen LogP contribution is 2.32. The number of rotatable bonds is 4. The zero-order valence-electron chi connectivity index (χ0n) is 13.2. The van der Waals surface area contributed by atoms with Crippen molar-refractivity contribution in [2.24, 2.45) is 0 Å². The SMILES string of the molecule is O=C(NCc1nccnc1-c1cccnc1)c1ccc2c(c1)OCO2. The highest BCUT2D eigenvalue weighted by molar-refractivity contribution is 5.94. The first-order valence-corrected chi connectivity index (χ1v) is 7.69. The van der Waals surface area contributed by atoms with Crippen molar-refractivity contribution in [2.75, 3.05) is 6.79 Å². The summed E-state index contributed by atoms with van der Waals surface area (Å²) in [6.45, 7) is 0.430. The number of nitrogens with one attached hydrogen (secondary N) is 1. The Balaban J connectivity index is 1.51. The van der Waals surface area contributed by atoms with Crippen molar-refractivity contribution in [1.82, 2.24) is 20.3 Å². The van der Waals surface area contributed by atoms with Crippen molar-refractivity contribution in [1.29, 1.82) is 0 Å². The van der Waals surface area contributed by atoms with Gasteiger partial charge in [-0.25, -0.2) is 0 Å². The van der Waals surface area contributed by atoms with Crippen LogP contribution >= 0.6 is 0 Å². The van der Waals surface area contributed by atoms with E-state index in [-0.39, 0.29) is 19.2 Å². The molecule has 1 aliphatic rings. The molecule has 0 fully saturated rings. The number of nitrogens with zero attached hydrogens (tertiary/aromatic N) is 3. The molecule has 0 unspecified atom stereocenters. The number of carbonyl (C=O) groups is 1. The van der Waals surface area contributed by atoms with Crippen molar-refractivity contribution in [3.05, 3.63) is 66.4 Å². The molecule has 0 radical (unpaired) electrons. The Kier molecular flexibility index (Phi) is 3.96. The van der Waals surface area contributed by atoms with Crippen LogP contribution in [0.3, 0.4) is 0 Å². The first kappa shape index (κ1) is 15.1. The van der Waals surface area contributed by atoms with Crippen LogP contribution in [0.2, 0.25) is 0 Å². The minimum atomic E-state index is -0.221. The van der Waals surface area contributed by atoms with Gasteiger partial charge in [0.25, 0.3) is 5.91 Å². The molecule has 0 spiro atoms. The number of hydrogen-bond acceptors (Lipinski definition) is 6. The molecule has 3 aromatic rings. The number of fused-ring (bicyclic) bond motifs is 1. The first-order chi connectivity index (χ1) is 12.3. The van der Waals surface area contributed by atoms with Gasteiger partial charge in [-0.1, -0.05) is 0 Å². The first-order valence-electron chi connectivity index (χ1n) is 7.69. The lowest BCUT2D eigenvalue weighted by Gasteiger charge is -2.09. The van der Waals surface area contributed by atoms with Crippen LogP contribution in [0.15, 0.2) is 55.1 Å². The van der Waals surface area contributed by atoms with E-state index in [1.807, 2.05) is 12.1 Å². The number of carbonyl (C=O) groups excluding carboxylic acids is 1.